The molecule has 2 atom stereocenters. The fourth-order valence-electron chi connectivity index (χ4n) is 5.60. The summed E-state index contributed by atoms with van der Waals surface area (Å²) in [5, 5.41) is 12.4. The highest BCUT2D eigenvalue weighted by molar-refractivity contribution is 6.30. The van der Waals surface area contributed by atoms with Crippen LogP contribution in [0.25, 0.3) is 0 Å². The van der Waals surface area contributed by atoms with Crippen LogP contribution in [-0.2, 0) is 0 Å². The molecule has 1 aliphatic heterocycles. The summed E-state index contributed by atoms with van der Waals surface area (Å²) < 4.78 is 0. The van der Waals surface area contributed by atoms with Crippen molar-refractivity contribution in [1.29, 1.82) is 0 Å². The van der Waals surface area contributed by atoms with E-state index in [1.54, 1.807) is 0 Å². The zero-order valence-corrected chi connectivity index (χ0v) is 18.5. The molecule has 4 rings (SSSR count). The first-order valence-electron chi connectivity index (χ1n) is 11.7. The Balaban J connectivity index is 1.39. The molecule has 1 N–H and O–H groups in total. The van der Waals surface area contributed by atoms with Crippen molar-refractivity contribution in [2.75, 3.05) is 39.3 Å². The van der Waals surface area contributed by atoms with Gasteiger partial charge in [-0.1, -0.05) is 55.1 Å². The Bertz CT molecular complexity index is 677. The van der Waals surface area contributed by atoms with Gasteiger partial charge in [-0.15, -0.1) is 0 Å². The van der Waals surface area contributed by atoms with Crippen LogP contribution in [-0.4, -0.2) is 59.8 Å². The Morgan fingerprint density at radius 2 is 1.79 bits per heavy atom. The molecule has 0 bridgehead atoms. The van der Waals surface area contributed by atoms with E-state index in [1.165, 1.54) is 37.8 Å². The zero-order chi connectivity index (χ0) is 20.1. The average Bonchev–Trinajstić information content (AvgIpc) is 2.74. The van der Waals surface area contributed by atoms with E-state index in [2.05, 4.69) is 34.1 Å². The second kappa shape index (κ2) is 9.96. The first-order valence-corrected chi connectivity index (χ1v) is 12.1. The molecule has 0 amide bonds. The van der Waals surface area contributed by atoms with E-state index in [4.69, 9.17) is 11.6 Å². The minimum Gasteiger partial charge on any atom is -0.389 e. The Labute approximate surface area is 181 Å². The zero-order valence-electron chi connectivity index (χ0n) is 17.7. The molecular weight excluding hydrogens is 380 g/mol. The number of hydrogen-bond donors (Lipinski definition) is 1. The van der Waals surface area contributed by atoms with Gasteiger partial charge in [0.1, 0.15) is 0 Å². The fourth-order valence-corrected chi connectivity index (χ4v) is 5.80. The van der Waals surface area contributed by atoms with Crippen molar-refractivity contribution in [3.05, 3.63) is 47.0 Å². The summed E-state index contributed by atoms with van der Waals surface area (Å²) in [4.78, 5) is 5.21. The summed E-state index contributed by atoms with van der Waals surface area (Å²) in [6.45, 7) is 6.64. The third-order valence-electron chi connectivity index (χ3n) is 7.37. The van der Waals surface area contributed by atoms with Crippen LogP contribution in [0.4, 0.5) is 0 Å². The van der Waals surface area contributed by atoms with Crippen LogP contribution in [0, 0.1) is 5.92 Å². The average molecular weight is 417 g/mol. The molecule has 1 saturated heterocycles. The van der Waals surface area contributed by atoms with Crippen LogP contribution >= 0.6 is 11.6 Å². The van der Waals surface area contributed by atoms with Gasteiger partial charge in [0.05, 0.1) is 5.60 Å². The van der Waals surface area contributed by atoms with Gasteiger partial charge in [0.25, 0.3) is 0 Å². The second-order valence-corrected chi connectivity index (χ2v) is 9.93. The van der Waals surface area contributed by atoms with Crippen LogP contribution < -0.4 is 0 Å². The van der Waals surface area contributed by atoms with Crippen molar-refractivity contribution < 1.29 is 5.11 Å². The Hall–Kier alpha value is -0.870. The monoisotopic (exact) mass is 416 g/mol. The Kier molecular flexibility index (Phi) is 7.34. The van der Waals surface area contributed by atoms with Crippen LogP contribution in [0.3, 0.4) is 0 Å². The van der Waals surface area contributed by atoms with E-state index in [9.17, 15) is 5.11 Å². The predicted octanol–water partition coefficient (Wildman–Crippen LogP) is 5.09. The van der Waals surface area contributed by atoms with Gasteiger partial charge < -0.3 is 14.9 Å². The number of hydrogen-bond acceptors (Lipinski definition) is 3. The summed E-state index contributed by atoms with van der Waals surface area (Å²) in [6.07, 6.45) is 14.1. The standard InChI is InChI=1S/C25H37ClN2O/c26-23-11-7-10-22(18-23)24(25(29)12-5-2-6-13-25)20-28-16-14-27(15-17-28)19-21-8-3-1-4-9-21/h3,7-8,10-11,18,21,24,29H,1-2,4-6,9,12-17,19-20H2. The minimum atomic E-state index is -0.590. The molecule has 4 heteroatoms. The maximum Gasteiger partial charge on any atom is 0.0728 e. The van der Waals surface area contributed by atoms with E-state index in [-0.39, 0.29) is 5.92 Å². The quantitative estimate of drug-likeness (QED) is 0.654. The van der Waals surface area contributed by atoms with Crippen molar-refractivity contribution in [3.63, 3.8) is 0 Å². The van der Waals surface area contributed by atoms with Gasteiger partial charge in [-0.05, 0) is 55.7 Å². The summed E-state index contributed by atoms with van der Waals surface area (Å²) in [7, 11) is 0. The third-order valence-corrected chi connectivity index (χ3v) is 7.61. The van der Waals surface area contributed by atoms with Crippen molar-refractivity contribution >= 4 is 11.6 Å². The normalized spacial score (nSPS) is 27.0. The summed E-state index contributed by atoms with van der Waals surface area (Å²) in [5.74, 6) is 0.895. The molecule has 160 valence electrons. The minimum absolute atomic E-state index is 0.148. The lowest BCUT2D eigenvalue weighted by Gasteiger charge is -2.44. The highest BCUT2D eigenvalue weighted by Crippen LogP contribution is 2.41. The van der Waals surface area contributed by atoms with Gasteiger partial charge in [-0.2, -0.15) is 0 Å². The molecule has 2 aliphatic carbocycles. The van der Waals surface area contributed by atoms with Gasteiger partial charge in [0.15, 0.2) is 0 Å². The Morgan fingerprint density at radius 3 is 2.48 bits per heavy atom. The van der Waals surface area contributed by atoms with Crippen LogP contribution in [0.1, 0.15) is 62.8 Å². The van der Waals surface area contributed by atoms with Crippen molar-refractivity contribution in [3.8, 4) is 0 Å². The maximum atomic E-state index is 11.6. The van der Waals surface area contributed by atoms with Crippen LogP contribution in [0.5, 0.6) is 0 Å². The van der Waals surface area contributed by atoms with E-state index < -0.39 is 5.60 Å². The predicted molar refractivity (Wildman–Crippen MR) is 122 cm³/mol. The lowest BCUT2D eigenvalue weighted by molar-refractivity contribution is -0.0344. The van der Waals surface area contributed by atoms with Gasteiger partial charge in [-0.25, -0.2) is 0 Å². The van der Waals surface area contributed by atoms with Gasteiger partial charge in [-0.3, -0.25) is 0 Å². The van der Waals surface area contributed by atoms with Gasteiger partial charge in [0.2, 0.25) is 0 Å². The highest BCUT2D eigenvalue weighted by Gasteiger charge is 2.40. The second-order valence-electron chi connectivity index (χ2n) is 9.49. The number of aliphatic hydroxyl groups is 1. The smallest absolute Gasteiger partial charge is 0.0728 e. The summed E-state index contributed by atoms with van der Waals surface area (Å²) in [6, 6.07) is 8.21. The van der Waals surface area contributed by atoms with Crippen molar-refractivity contribution in [2.24, 2.45) is 5.92 Å². The number of allylic oxidation sites excluding steroid dienone is 1. The largest absolute Gasteiger partial charge is 0.389 e. The lowest BCUT2D eigenvalue weighted by Crippen LogP contribution is -2.51. The van der Waals surface area contributed by atoms with Crippen molar-refractivity contribution in [2.45, 2.75) is 62.9 Å². The number of halogens is 1. The molecule has 3 nitrogen and oxygen atoms in total. The molecule has 2 unspecified atom stereocenters. The Morgan fingerprint density at radius 1 is 1.03 bits per heavy atom. The molecule has 1 aromatic carbocycles. The highest BCUT2D eigenvalue weighted by atomic mass is 35.5. The molecule has 0 aromatic heterocycles. The van der Waals surface area contributed by atoms with E-state index >= 15 is 0 Å². The molecule has 0 radical (unpaired) electrons. The number of benzene rings is 1. The summed E-state index contributed by atoms with van der Waals surface area (Å²) >= 11 is 6.32. The lowest BCUT2D eigenvalue weighted by atomic mass is 9.72. The number of nitrogens with zero attached hydrogens (tertiary/aromatic N) is 2. The maximum absolute atomic E-state index is 11.6. The fraction of sp³-hybridized carbons (Fsp3) is 0.680. The SMILES string of the molecule is OC1(C(CN2CCN(CC3C=CCCC3)CC2)c2cccc(Cl)c2)CCCCC1. The first kappa shape index (κ1) is 21.4. The molecule has 3 aliphatic rings. The van der Waals surface area contributed by atoms with Crippen LogP contribution in [0.15, 0.2) is 36.4 Å². The third kappa shape index (κ3) is 5.64. The van der Waals surface area contributed by atoms with Crippen LogP contribution in [0.2, 0.25) is 5.02 Å². The molecule has 2 fully saturated rings. The molecule has 1 heterocycles. The van der Waals surface area contributed by atoms with E-state index in [1.807, 2.05) is 12.1 Å². The molecule has 0 spiro atoms. The van der Waals surface area contributed by atoms with E-state index in [0.717, 1.165) is 69.3 Å². The van der Waals surface area contributed by atoms with Gasteiger partial charge >= 0.3 is 0 Å². The number of piperazine rings is 1. The van der Waals surface area contributed by atoms with Gasteiger partial charge in [0, 0.05) is 50.2 Å². The summed E-state index contributed by atoms with van der Waals surface area (Å²) in [5.41, 5.74) is 0.615. The van der Waals surface area contributed by atoms with Crippen molar-refractivity contribution in [1.82, 2.24) is 9.80 Å². The molecule has 1 aromatic rings. The van der Waals surface area contributed by atoms with E-state index in [0.29, 0.717) is 0 Å². The topological polar surface area (TPSA) is 26.7 Å². The molecule has 1 saturated carbocycles. The molecular formula is C25H37ClN2O. The molecule has 29 heavy (non-hydrogen) atoms. The first-order chi connectivity index (χ1) is 14.1. The number of rotatable bonds is 6.